The van der Waals surface area contributed by atoms with E-state index in [4.69, 9.17) is 27.9 Å². The fourth-order valence-corrected chi connectivity index (χ4v) is 3.59. The van der Waals surface area contributed by atoms with E-state index < -0.39 is 0 Å². The first-order valence-electron chi connectivity index (χ1n) is 7.54. The van der Waals surface area contributed by atoms with Crippen LogP contribution in [0.1, 0.15) is 15.9 Å². The number of ketones is 1. The summed E-state index contributed by atoms with van der Waals surface area (Å²) in [7, 11) is 1.58. The van der Waals surface area contributed by atoms with Crippen LogP contribution in [-0.2, 0) is 0 Å². The third-order valence-electron chi connectivity index (χ3n) is 3.57. The van der Waals surface area contributed by atoms with Crippen molar-refractivity contribution in [3.05, 3.63) is 57.6 Å². The Kier molecular flexibility index (Phi) is 5.80. The van der Waals surface area contributed by atoms with Crippen LogP contribution < -0.4 is 4.74 Å². The minimum Gasteiger partial charge on any atom is -0.494 e. The zero-order chi connectivity index (χ0) is 18.7. The zero-order valence-corrected chi connectivity index (χ0v) is 16.3. The van der Waals surface area contributed by atoms with Gasteiger partial charge in [-0.3, -0.25) is 4.79 Å². The number of rotatable bonds is 6. The number of ether oxygens (including phenoxy) is 1. The molecule has 0 saturated heterocycles. The van der Waals surface area contributed by atoms with Crippen molar-refractivity contribution in [1.29, 1.82) is 0 Å². The molecule has 9 heteroatoms. The molecular formula is C17H14Cl2N4O2S. The lowest BCUT2D eigenvalue weighted by molar-refractivity contribution is 0.102. The van der Waals surface area contributed by atoms with Crippen molar-refractivity contribution in [2.75, 3.05) is 12.9 Å². The number of tetrazole rings is 1. The maximum Gasteiger partial charge on any atom is 0.214 e. The number of aromatic nitrogens is 4. The SMILES string of the molecule is COc1ccc(C)cc1-n1nnnc1SCC(=O)c1ccc(Cl)cc1Cl. The Bertz CT molecular complexity index is 962. The topological polar surface area (TPSA) is 69.9 Å². The van der Waals surface area contributed by atoms with Crippen molar-refractivity contribution in [2.45, 2.75) is 12.1 Å². The Morgan fingerprint density at radius 3 is 2.77 bits per heavy atom. The van der Waals surface area contributed by atoms with Crippen molar-refractivity contribution in [1.82, 2.24) is 20.2 Å². The summed E-state index contributed by atoms with van der Waals surface area (Å²) < 4.78 is 6.93. The van der Waals surface area contributed by atoms with Crippen LogP contribution in [0.5, 0.6) is 5.75 Å². The van der Waals surface area contributed by atoms with Gasteiger partial charge in [0.15, 0.2) is 5.78 Å². The summed E-state index contributed by atoms with van der Waals surface area (Å²) in [5.41, 5.74) is 2.16. The molecule has 0 atom stereocenters. The number of benzene rings is 2. The molecule has 0 fully saturated rings. The number of Topliss-reactive ketones (excluding diaryl/α,β-unsaturated/α-hetero) is 1. The lowest BCUT2D eigenvalue weighted by Crippen LogP contribution is -2.06. The summed E-state index contributed by atoms with van der Waals surface area (Å²) in [6.45, 7) is 1.96. The molecule has 2 aromatic carbocycles. The monoisotopic (exact) mass is 408 g/mol. The first-order chi connectivity index (χ1) is 12.5. The van der Waals surface area contributed by atoms with Crippen LogP contribution in [0.2, 0.25) is 10.0 Å². The molecule has 0 radical (unpaired) electrons. The van der Waals surface area contributed by atoms with E-state index in [-0.39, 0.29) is 11.5 Å². The maximum absolute atomic E-state index is 12.4. The molecule has 1 aromatic heterocycles. The molecular weight excluding hydrogens is 395 g/mol. The smallest absolute Gasteiger partial charge is 0.214 e. The van der Waals surface area contributed by atoms with E-state index in [0.29, 0.717) is 32.2 Å². The highest BCUT2D eigenvalue weighted by Gasteiger charge is 2.17. The number of carbonyl (C=O) groups excluding carboxylic acids is 1. The van der Waals surface area contributed by atoms with Gasteiger partial charge in [0, 0.05) is 10.6 Å². The van der Waals surface area contributed by atoms with E-state index in [1.165, 1.54) is 11.8 Å². The highest BCUT2D eigenvalue weighted by atomic mass is 35.5. The number of hydrogen-bond acceptors (Lipinski definition) is 6. The molecule has 3 rings (SSSR count). The number of halogens is 2. The molecule has 0 saturated carbocycles. The average Bonchev–Trinajstić information content (AvgIpc) is 3.08. The number of hydrogen-bond donors (Lipinski definition) is 0. The van der Waals surface area contributed by atoms with Crippen molar-refractivity contribution in [3.63, 3.8) is 0 Å². The van der Waals surface area contributed by atoms with E-state index >= 15 is 0 Å². The molecule has 26 heavy (non-hydrogen) atoms. The summed E-state index contributed by atoms with van der Waals surface area (Å²) in [6, 6.07) is 10.5. The Balaban J connectivity index is 1.82. The number of methoxy groups -OCH3 is 1. The van der Waals surface area contributed by atoms with Crippen molar-refractivity contribution in [3.8, 4) is 11.4 Å². The lowest BCUT2D eigenvalue weighted by Gasteiger charge is -2.10. The Morgan fingerprint density at radius 2 is 2.04 bits per heavy atom. The summed E-state index contributed by atoms with van der Waals surface area (Å²) in [5, 5.41) is 13.0. The fraction of sp³-hybridized carbons (Fsp3) is 0.176. The van der Waals surface area contributed by atoms with Gasteiger partial charge >= 0.3 is 0 Å². The van der Waals surface area contributed by atoms with Crippen LogP contribution in [0.25, 0.3) is 5.69 Å². The van der Waals surface area contributed by atoms with E-state index in [1.807, 2.05) is 25.1 Å². The molecule has 6 nitrogen and oxygen atoms in total. The minimum atomic E-state index is -0.137. The molecule has 0 bridgehead atoms. The molecule has 1 heterocycles. The standard InChI is InChI=1S/C17H14Cl2N4O2S/c1-10-3-6-16(25-2)14(7-10)23-17(20-21-22-23)26-9-15(24)12-5-4-11(18)8-13(12)19/h3-8H,9H2,1-2H3. The quantitative estimate of drug-likeness (QED) is 0.448. The normalized spacial score (nSPS) is 10.8. The summed E-state index contributed by atoms with van der Waals surface area (Å²) >= 11 is 13.2. The molecule has 0 aliphatic heterocycles. The molecule has 0 aliphatic carbocycles. The van der Waals surface area contributed by atoms with Gasteiger partial charge in [0.05, 0.1) is 17.9 Å². The van der Waals surface area contributed by atoms with Crippen LogP contribution in [0.15, 0.2) is 41.6 Å². The summed E-state index contributed by atoms with van der Waals surface area (Å²) in [4.78, 5) is 12.4. The van der Waals surface area contributed by atoms with Gasteiger partial charge in [0.25, 0.3) is 0 Å². The van der Waals surface area contributed by atoms with Crippen LogP contribution >= 0.6 is 35.0 Å². The minimum absolute atomic E-state index is 0.135. The fourth-order valence-electron chi connectivity index (χ4n) is 2.31. The third-order valence-corrected chi connectivity index (χ3v) is 5.03. The predicted molar refractivity (Wildman–Crippen MR) is 102 cm³/mol. The second kappa shape index (κ2) is 8.07. The lowest BCUT2D eigenvalue weighted by atomic mass is 10.1. The average molecular weight is 409 g/mol. The Hall–Kier alpha value is -2.09. The molecule has 0 unspecified atom stereocenters. The molecule has 0 aliphatic rings. The third kappa shape index (κ3) is 4.00. The first-order valence-corrected chi connectivity index (χ1v) is 9.28. The van der Waals surface area contributed by atoms with Crippen LogP contribution in [0.3, 0.4) is 0 Å². The van der Waals surface area contributed by atoms with Gasteiger partial charge < -0.3 is 4.74 Å². The number of carbonyl (C=O) groups is 1. The van der Waals surface area contributed by atoms with Gasteiger partial charge in [-0.1, -0.05) is 41.0 Å². The Labute approximate surface area is 164 Å². The zero-order valence-electron chi connectivity index (χ0n) is 13.9. The molecule has 0 amide bonds. The van der Waals surface area contributed by atoms with E-state index in [9.17, 15) is 4.79 Å². The van der Waals surface area contributed by atoms with Gasteiger partial charge in [-0.2, -0.15) is 4.68 Å². The maximum atomic E-state index is 12.4. The van der Waals surface area contributed by atoms with Gasteiger partial charge in [-0.05, 0) is 53.2 Å². The van der Waals surface area contributed by atoms with Crippen molar-refractivity contribution < 1.29 is 9.53 Å². The molecule has 3 aromatic rings. The predicted octanol–water partition coefficient (Wildman–Crippen LogP) is 4.26. The van der Waals surface area contributed by atoms with E-state index in [2.05, 4.69) is 15.5 Å². The van der Waals surface area contributed by atoms with Crippen molar-refractivity contribution >= 4 is 40.7 Å². The molecule has 134 valence electrons. The summed E-state index contributed by atoms with van der Waals surface area (Å²) in [5.74, 6) is 0.634. The van der Waals surface area contributed by atoms with Gasteiger partial charge in [-0.25, -0.2) is 0 Å². The largest absolute Gasteiger partial charge is 0.494 e. The van der Waals surface area contributed by atoms with E-state index in [1.54, 1.807) is 30.0 Å². The molecule has 0 N–H and O–H groups in total. The highest BCUT2D eigenvalue weighted by Crippen LogP contribution is 2.28. The van der Waals surface area contributed by atoms with Gasteiger partial charge in [0.2, 0.25) is 5.16 Å². The second-order valence-electron chi connectivity index (χ2n) is 5.38. The van der Waals surface area contributed by atoms with E-state index in [0.717, 1.165) is 5.56 Å². The first kappa shape index (κ1) is 18.7. The summed E-state index contributed by atoms with van der Waals surface area (Å²) in [6.07, 6.45) is 0. The number of aryl methyl sites for hydroxylation is 1. The van der Waals surface area contributed by atoms with Crippen molar-refractivity contribution in [2.24, 2.45) is 0 Å². The second-order valence-corrected chi connectivity index (χ2v) is 7.17. The van der Waals surface area contributed by atoms with Gasteiger partial charge in [-0.15, -0.1) is 5.10 Å². The van der Waals surface area contributed by atoms with Gasteiger partial charge in [0.1, 0.15) is 11.4 Å². The Morgan fingerprint density at radius 1 is 1.23 bits per heavy atom. The van der Waals surface area contributed by atoms with Crippen LogP contribution in [0, 0.1) is 6.92 Å². The number of thioether (sulfide) groups is 1. The van der Waals surface area contributed by atoms with Crippen LogP contribution in [-0.4, -0.2) is 38.9 Å². The van der Waals surface area contributed by atoms with Crippen LogP contribution in [0.4, 0.5) is 0 Å². The molecule has 0 spiro atoms. The highest BCUT2D eigenvalue weighted by molar-refractivity contribution is 7.99. The number of nitrogens with zero attached hydrogens (tertiary/aromatic N) is 4.